The molecule has 0 saturated carbocycles. The molecule has 62 heavy (non-hydrogen) atoms. The fourth-order valence-electron chi connectivity index (χ4n) is 6.98. The Balaban J connectivity index is 2.21. The third-order valence-corrected chi connectivity index (χ3v) is 12.3. The van der Waals surface area contributed by atoms with E-state index in [2.05, 4.69) is 4.85 Å². The van der Waals surface area contributed by atoms with Crippen molar-refractivity contribution in [2.45, 2.75) is 33.2 Å². The van der Waals surface area contributed by atoms with Crippen LogP contribution in [0.15, 0.2) is 84.9 Å². The summed E-state index contributed by atoms with van der Waals surface area (Å²) in [7, 11) is -2.85. The van der Waals surface area contributed by atoms with Gasteiger partial charge in [0, 0.05) is 26.3 Å². The second-order valence-corrected chi connectivity index (χ2v) is 17.0. The highest BCUT2D eigenvalue weighted by atomic mass is 31.1. The van der Waals surface area contributed by atoms with Crippen molar-refractivity contribution >= 4 is 46.4 Å². The fourth-order valence-corrected chi connectivity index (χ4v) is 9.69. The molecule has 18 heteroatoms. The molecule has 0 fully saturated rings. The standard InChI is InChI=1S/C44H26BF15NP/c1-20-15-17-21(18-16-20)43(62(22-11-7-5-8-12-22)23-13-9-6-10-14-23)25(24-28(46)34(52)40(58)35(53)29(24)47)45(19-61-44(2,3)4,26-30(48)36(54)41(59)37(55)31(26)49)27-32(50)38(56)42(60)39(57)33(27)51/h5-18H,1-4H3/b43-25-. The van der Waals surface area contributed by atoms with E-state index in [1.54, 1.807) is 0 Å². The molecule has 6 aromatic carbocycles. The van der Waals surface area contributed by atoms with Crippen molar-refractivity contribution < 1.29 is 65.9 Å². The molecule has 0 saturated heterocycles. The molecule has 320 valence electrons. The van der Waals surface area contributed by atoms with E-state index in [0.717, 1.165) is 32.9 Å². The van der Waals surface area contributed by atoms with E-state index in [9.17, 15) is 13.2 Å². The molecule has 6 aromatic rings. The highest BCUT2D eigenvalue weighted by Crippen LogP contribution is 2.55. The van der Waals surface area contributed by atoms with Crippen LogP contribution in [0.5, 0.6) is 0 Å². The van der Waals surface area contributed by atoms with Gasteiger partial charge in [0.2, 0.25) is 5.82 Å². The summed E-state index contributed by atoms with van der Waals surface area (Å²) in [4.78, 5) is 3.87. The third-order valence-electron chi connectivity index (χ3n) is 9.69. The van der Waals surface area contributed by atoms with Crippen LogP contribution in [0.2, 0.25) is 0 Å². The van der Waals surface area contributed by atoms with Crippen LogP contribution >= 0.6 is 7.92 Å². The van der Waals surface area contributed by atoms with Gasteiger partial charge in [0.1, 0.15) is 23.3 Å². The van der Waals surface area contributed by atoms with Crippen molar-refractivity contribution in [3.63, 3.8) is 0 Å². The monoisotopic (exact) mass is 895 g/mol. The average Bonchev–Trinajstić information content (AvgIpc) is 3.25. The van der Waals surface area contributed by atoms with Crippen LogP contribution in [0.1, 0.15) is 37.5 Å². The van der Waals surface area contributed by atoms with Crippen molar-refractivity contribution in [2.75, 3.05) is 0 Å². The number of hydrogen-bond acceptors (Lipinski definition) is 0. The smallest absolute Gasteiger partial charge is 0.207 e. The summed E-state index contributed by atoms with van der Waals surface area (Å²) in [6.07, 6.45) is -5.89. The summed E-state index contributed by atoms with van der Waals surface area (Å²) < 4.78 is 241. The highest BCUT2D eigenvalue weighted by molar-refractivity contribution is 7.83. The maximum Gasteiger partial charge on any atom is 0.268 e. The van der Waals surface area contributed by atoms with Crippen molar-refractivity contribution in [2.24, 2.45) is 0 Å². The largest absolute Gasteiger partial charge is 0.268 e. The summed E-state index contributed by atoms with van der Waals surface area (Å²) in [5, 5.41) is -0.860. The van der Waals surface area contributed by atoms with Crippen LogP contribution in [-0.4, -0.2) is 11.7 Å². The van der Waals surface area contributed by atoms with E-state index >= 15 is 52.7 Å². The molecule has 0 atom stereocenters. The Morgan fingerprint density at radius 1 is 0.452 bits per heavy atom. The number of rotatable bonds is 8. The number of benzene rings is 6. The van der Waals surface area contributed by atoms with Gasteiger partial charge in [0.15, 0.2) is 58.2 Å². The zero-order valence-electron chi connectivity index (χ0n) is 32.2. The minimum Gasteiger partial charge on any atom is -0.207 e. The second-order valence-electron chi connectivity index (χ2n) is 14.8. The van der Waals surface area contributed by atoms with E-state index < -0.39 is 140 Å². The van der Waals surface area contributed by atoms with Crippen LogP contribution in [0.25, 0.3) is 15.6 Å². The minimum absolute atomic E-state index is 0.0259. The summed E-state index contributed by atoms with van der Waals surface area (Å²) >= 11 is 0. The number of aryl methyl sites for hydroxylation is 1. The van der Waals surface area contributed by atoms with Crippen LogP contribution in [0.4, 0.5) is 65.9 Å². The van der Waals surface area contributed by atoms with E-state index in [-0.39, 0.29) is 10.6 Å². The lowest BCUT2D eigenvalue weighted by Gasteiger charge is -2.41. The Kier molecular flexibility index (Phi) is 12.5. The Morgan fingerprint density at radius 3 is 1.11 bits per heavy atom. The molecule has 0 amide bonds. The molecule has 6 rings (SSSR count). The molecule has 0 unspecified atom stereocenters. The van der Waals surface area contributed by atoms with E-state index in [1.165, 1.54) is 79.7 Å². The first-order valence-electron chi connectivity index (χ1n) is 18.0. The number of nitrogens with zero attached hydrogens (tertiary/aromatic N) is 1. The van der Waals surface area contributed by atoms with Crippen LogP contribution in [-0.2, 0) is 0 Å². The molecule has 0 aliphatic heterocycles. The lowest BCUT2D eigenvalue weighted by atomic mass is 9.15. The fraction of sp³-hybridized carbons (Fsp3) is 0.114. The van der Waals surface area contributed by atoms with Crippen molar-refractivity contribution in [3.05, 3.63) is 194 Å². The Labute approximate surface area is 344 Å². The van der Waals surface area contributed by atoms with E-state index in [4.69, 9.17) is 0 Å². The van der Waals surface area contributed by atoms with Crippen molar-refractivity contribution in [3.8, 4) is 5.97 Å². The van der Waals surface area contributed by atoms with Gasteiger partial charge in [0.25, 0.3) is 11.7 Å². The van der Waals surface area contributed by atoms with Gasteiger partial charge < -0.3 is 0 Å². The lowest BCUT2D eigenvalue weighted by Crippen LogP contribution is -2.65. The van der Waals surface area contributed by atoms with Gasteiger partial charge >= 0.3 is 0 Å². The normalized spacial score (nSPS) is 12.4. The van der Waals surface area contributed by atoms with E-state index in [0.29, 0.717) is 5.56 Å². The molecule has 0 aromatic heterocycles. The second kappa shape index (κ2) is 17.0. The topological polar surface area (TPSA) is 4.36 Å². The lowest BCUT2D eigenvalue weighted by molar-refractivity contribution is 0.376. The van der Waals surface area contributed by atoms with Crippen LogP contribution in [0.3, 0.4) is 0 Å². The maximum atomic E-state index is 17.0. The molecule has 0 aliphatic carbocycles. The summed E-state index contributed by atoms with van der Waals surface area (Å²) in [5.74, 6) is -42.4. The van der Waals surface area contributed by atoms with Gasteiger partial charge in [-0.3, -0.25) is 0 Å². The van der Waals surface area contributed by atoms with Crippen LogP contribution in [0, 0.1) is 100 Å². The summed E-state index contributed by atoms with van der Waals surface area (Å²) in [5.41, 5.74) is -11.2. The van der Waals surface area contributed by atoms with Gasteiger partial charge in [0.05, 0.1) is 5.97 Å². The summed E-state index contributed by atoms with van der Waals surface area (Å²) in [6, 6.07) is 18.6. The number of halogens is 15. The van der Waals surface area contributed by atoms with Gasteiger partial charge in [-0.25, -0.2) is 65.9 Å². The molecular weight excluding hydrogens is 869 g/mol. The SMILES string of the molecule is Cc1ccc(/C(=C(\c2c(F)c(F)c(F)c(F)c2F)[B-](C#[N+]C(C)(C)C)(c2c(F)c(F)c(F)c(F)c2F)c2c(F)c(F)c(F)c(F)c2F)P(c2ccccc2)c2ccccc2)cc1. The third kappa shape index (κ3) is 7.63. The Hall–Kier alpha value is -6.01. The zero-order chi connectivity index (χ0) is 45.7. The average molecular weight is 895 g/mol. The zero-order valence-corrected chi connectivity index (χ0v) is 33.1. The molecule has 0 bridgehead atoms. The molecule has 0 aliphatic rings. The molecule has 1 nitrogen and oxygen atoms in total. The maximum absolute atomic E-state index is 17.0. The molecule has 0 N–H and O–H groups in total. The Bertz CT molecular complexity index is 2660. The van der Waals surface area contributed by atoms with Crippen molar-refractivity contribution in [1.29, 1.82) is 0 Å². The highest BCUT2D eigenvalue weighted by Gasteiger charge is 2.53. The molecule has 0 spiro atoms. The van der Waals surface area contributed by atoms with Crippen molar-refractivity contribution in [1.82, 2.24) is 0 Å². The van der Waals surface area contributed by atoms with Gasteiger partial charge in [-0.05, 0) is 36.3 Å². The van der Waals surface area contributed by atoms with Gasteiger partial charge in [-0.1, -0.05) is 90.5 Å². The van der Waals surface area contributed by atoms with Gasteiger partial charge in [-0.15, -0.1) is 15.8 Å². The quantitative estimate of drug-likeness (QED) is 0.0358. The predicted molar refractivity (Wildman–Crippen MR) is 208 cm³/mol. The van der Waals surface area contributed by atoms with Crippen LogP contribution < -0.4 is 21.5 Å². The first kappa shape index (κ1) is 45.5. The first-order chi connectivity index (χ1) is 29.1. The molecule has 0 radical (unpaired) electrons. The predicted octanol–water partition coefficient (Wildman–Crippen LogP) is 11.6. The van der Waals surface area contributed by atoms with E-state index in [1.807, 2.05) is 5.97 Å². The Morgan fingerprint density at radius 2 is 0.774 bits per heavy atom. The molecular formula is C44H26BF15NP. The first-order valence-corrected chi connectivity index (χ1v) is 19.3. The minimum atomic E-state index is -5.89. The number of hydrogen-bond donors (Lipinski definition) is 0. The van der Waals surface area contributed by atoms with Gasteiger partial charge in [-0.2, -0.15) is 5.47 Å². The summed E-state index contributed by atoms with van der Waals surface area (Å²) in [6.45, 7) is 4.89. The molecule has 0 heterocycles.